The van der Waals surface area contributed by atoms with Crippen LogP contribution in [0.25, 0.3) is 20.8 Å². The van der Waals surface area contributed by atoms with E-state index in [1.165, 1.54) is 5.57 Å². The number of aromatic nitrogens is 3. The van der Waals surface area contributed by atoms with Crippen LogP contribution in [0, 0.1) is 18.8 Å². The average molecular weight is 468 g/mol. The van der Waals surface area contributed by atoms with E-state index >= 15 is 0 Å². The van der Waals surface area contributed by atoms with Gasteiger partial charge in [0.1, 0.15) is 10.8 Å². The van der Waals surface area contributed by atoms with Crippen LogP contribution in [0.1, 0.15) is 31.9 Å². The Balaban J connectivity index is 1.49. The fraction of sp³-hybridized carbons (Fsp3) is 0.458. The van der Waals surface area contributed by atoms with Crippen LogP contribution in [0.3, 0.4) is 0 Å². The summed E-state index contributed by atoms with van der Waals surface area (Å²) < 4.78 is 1.16. The monoisotopic (exact) mass is 467 g/mol. The molecule has 3 N–H and O–H groups in total. The highest BCUT2D eigenvalue weighted by Gasteiger charge is 2.32. The molecule has 1 fully saturated rings. The summed E-state index contributed by atoms with van der Waals surface area (Å²) in [6.07, 6.45) is 3.10. The number of fused-ring (bicyclic) bond motifs is 1. The van der Waals surface area contributed by atoms with Gasteiger partial charge in [0, 0.05) is 24.9 Å². The van der Waals surface area contributed by atoms with E-state index in [0.29, 0.717) is 17.8 Å². The number of aliphatic hydroxyl groups is 1. The second-order valence-corrected chi connectivity index (χ2v) is 10.8. The van der Waals surface area contributed by atoms with Crippen molar-refractivity contribution in [3.63, 3.8) is 0 Å². The highest BCUT2D eigenvalue weighted by molar-refractivity contribution is 8.02. The number of aryl methyl sites for hydroxylation is 1. The molecule has 1 saturated carbocycles. The molecule has 0 unspecified atom stereocenters. The minimum Gasteiger partial charge on any atom is -0.396 e. The largest absolute Gasteiger partial charge is 0.396 e. The van der Waals surface area contributed by atoms with Gasteiger partial charge in [-0.15, -0.1) is 23.1 Å². The van der Waals surface area contributed by atoms with Gasteiger partial charge in [0.15, 0.2) is 0 Å². The first-order chi connectivity index (χ1) is 15.6. The van der Waals surface area contributed by atoms with Crippen molar-refractivity contribution < 1.29 is 5.11 Å². The number of hydrogen-bond donors (Lipinski definition) is 3. The van der Waals surface area contributed by atoms with Crippen molar-refractivity contribution in [3.8, 4) is 10.6 Å². The predicted molar refractivity (Wildman–Crippen MR) is 135 cm³/mol. The van der Waals surface area contributed by atoms with Gasteiger partial charge in [-0.1, -0.05) is 19.1 Å². The highest BCUT2D eigenvalue weighted by atomic mass is 32.2. The Kier molecular flexibility index (Phi) is 6.35. The molecule has 3 atom stereocenters. The third-order valence-corrected chi connectivity index (χ3v) is 8.48. The zero-order valence-corrected chi connectivity index (χ0v) is 20.1. The molecule has 0 spiro atoms. The van der Waals surface area contributed by atoms with E-state index in [-0.39, 0.29) is 12.6 Å². The SMILES string of the molecule is Cc1nc(NCC2=CSCC2)nc(N[C@@H]2C[C@H](CO)[C@@H](C)C2)c1-c1nc2ccccc2s1. The number of aliphatic hydroxyl groups excluding tert-OH is 1. The molecule has 6 nitrogen and oxygen atoms in total. The van der Waals surface area contributed by atoms with Gasteiger partial charge in [-0.25, -0.2) is 9.97 Å². The standard InChI is InChI=1S/C24H29N5OS2/c1-14-9-18(10-17(14)12-30)27-22-21(23-28-19-5-3-4-6-20(19)32-23)15(2)26-24(29-22)25-11-16-7-8-31-13-16/h3-6,13-14,17-18,30H,7-12H2,1-2H3,(H2,25,26,27,29)/t14-,17+,18-/m0/s1. The maximum absolute atomic E-state index is 9.72. The molecule has 2 aliphatic rings. The van der Waals surface area contributed by atoms with E-state index in [2.05, 4.69) is 29.0 Å². The number of rotatable bonds is 7. The normalized spacial score (nSPS) is 23.0. The summed E-state index contributed by atoms with van der Waals surface area (Å²) >= 11 is 3.55. The third kappa shape index (κ3) is 4.49. The first-order valence-corrected chi connectivity index (χ1v) is 13.1. The third-order valence-electron chi connectivity index (χ3n) is 6.49. The van der Waals surface area contributed by atoms with Gasteiger partial charge in [0.2, 0.25) is 5.95 Å². The summed E-state index contributed by atoms with van der Waals surface area (Å²) in [6.45, 7) is 5.28. The lowest BCUT2D eigenvalue weighted by Crippen LogP contribution is -2.19. The number of anilines is 2. The molecule has 1 aliphatic heterocycles. The first-order valence-electron chi connectivity index (χ1n) is 11.3. The van der Waals surface area contributed by atoms with Gasteiger partial charge in [-0.2, -0.15) is 4.98 Å². The van der Waals surface area contributed by atoms with Crippen molar-refractivity contribution in [1.82, 2.24) is 15.0 Å². The van der Waals surface area contributed by atoms with Crippen LogP contribution in [0.5, 0.6) is 0 Å². The van der Waals surface area contributed by atoms with E-state index in [4.69, 9.17) is 15.0 Å². The van der Waals surface area contributed by atoms with E-state index in [1.807, 2.05) is 36.9 Å². The fourth-order valence-electron chi connectivity index (χ4n) is 4.64. The van der Waals surface area contributed by atoms with Gasteiger partial charge in [0.05, 0.1) is 21.5 Å². The topological polar surface area (TPSA) is 83.0 Å². The zero-order chi connectivity index (χ0) is 22.1. The smallest absolute Gasteiger partial charge is 0.225 e. The fourth-order valence-corrected chi connectivity index (χ4v) is 6.64. The van der Waals surface area contributed by atoms with Crippen molar-refractivity contribution in [2.24, 2.45) is 11.8 Å². The predicted octanol–water partition coefficient (Wildman–Crippen LogP) is 5.31. The Morgan fingerprint density at radius 3 is 2.78 bits per heavy atom. The molecular formula is C24H29N5OS2. The van der Waals surface area contributed by atoms with Gasteiger partial charge >= 0.3 is 0 Å². The number of thioether (sulfide) groups is 1. The molecule has 3 heterocycles. The van der Waals surface area contributed by atoms with Crippen molar-refractivity contribution in [2.45, 2.75) is 39.2 Å². The first kappa shape index (κ1) is 21.7. The molecule has 1 aliphatic carbocycles. The summed E-state index contributed by atoms with van der Waals surface area (Å²) in [6, 6.07) is 8.50. The van der Waals surface area contributed by atoms with Crippen LogP contribution in [0.2, 0.25) is 0 Å². The van der Waals surface area contributed by atoms with E-state index in [9.17, 15) is 5.11 Å². The summed E-state index contributed by atoms with van der Waals surface area (Å²) in [5.41, 5.74) is 4.30. The van der Waals surface area contributed by atoms with E-state index in [1.54, 1.807) is 11.3 Å². The molecular weight excluding hydrogens is 438 g/mol. The Morgan fingerprint density at radius 2 is 2.03 bits per heavy atom. The van der Waals surface area contributed by atoms with Crippen molar-refractivity contribution >= 4 is 45.1 Å². The molecule has 0 saturated heterocycles. The van der Waals surface area contributed by atoms with Crippen molar-refractivity contribution in [1.29, 1.82) is 0 Å². The molecule has 8 heteroatoms. The number of thiazole rings is 1. The van der Waals surface area contributed by atoms with E-state index < -0.39 is 0 Å². The van der Waals surface area contributed by atoms with E-state index in [0.717, 1.165) is 63.9 Å². The Hall–Kier alpha value is -2.16. The Morgan fingerprint density at radius 1 is 1.16 bits per heavy atom. The summed E-state index contributed by atoms with van der Waals surface area (Å²) in [5, 5.41) is 20.0. The molecule has 2 aromatic heterocycles. The molecule has 0 amide bonds. The highest BCUT2D eigenvalue weighted by Crippen LogP contribution is 2.39. The molecule has 0 radical (unpaired) electrons. The lowest BCUT2D eigenvalue weighted by Gasteiger charge is -2.18. The molecule has 32 heavy (non-hydrogen) atoms. The molecule has 168 valence electrons. The lowest BCUT2D eigenvalue weighted by molar-refractivity contribution is 0.201. The molecule has 1 aromatic carbocycles. The second-order valence-electron chi connectivity index (χ2n) is 8.83. The number of para-hydroxylation sites is 1. The van der Waals surface area contributed by atoms with Crippen LogP contribution in [0.15, 0.2) is 35.2 Å². The van der Waals surface area contributed by atoms with Crippen molar-refractivity contribution in [2.75, 3.05) is 29.5 Å². The summed E-state index contributed by atoms with van der Waals surface area (Å²) in [7, 11) is 0. The number of benzene rings is 1. The minimum atomic E-state index is 0.243. The number of nitrogens with one attached hydrogen (secondary N) is 2. The summed E-state index contributed by atoms with van der Waals surface area (Å²) in [4.78, 5) is 14.6. The van der Waals surface area contributed by atoms with Gasteiger partial charge in [0.25, 0.3) is 0 Å². The van der Waals surface area contributed by atoms with Gasteiger partial charge in [-0.3, -0.25) is 0 Å². The maximum atomic E-state index is 9.72. The quantitative estimate of drug-likeness (QED) is 0.434. The van der Waals surface area contributed by atoms with Crippen LogP contribution >= 0.6 is 23.1 Å². The van der Waals surface area contributed by atoms with Gasteiger partial charge < -0.3 is 15.7 Å². The van der Waals surface area contributed by atoms with Crippen LogP contribution in [-0.4, -0.2) is 45.0 Å². The summed E-state index contributed by atoms with van der Waals surface area (Å²) in [5.74, 6) is 3.48. The second kappa shape index (κ2) is 9.37. The Labute approximate surface area is 197 Å². The van der Waals surface area contributed by atoms with Crippen molar-refractivity contribution in [3.05, 3.63) is 40.9 Å². The Bertz CT molecular complexity index is 1110. The van der Waals surface area contributed by atoms with Crippen LogP contribution < -0.4 is 10.6 Å². The molecule has 0 bridgehead atoms. The number of hydrogen-bond acceptors (Lipinski definition) is 8. The average Bonchev–Trinajstić information content (AvgIpc) is 3.51. The van der Waals surface area contributed by atoms with Crippen LogP contribution in [0.4, 0.5) is 11.8 Å². The molecule has 5 rings (SSSR count). The zero-order valence-electron chi connectivity index (χ0n) is 18.5. The van der Waals surface area contributed by atoms with Crippen LogP contribution in [-0.2, 0) is 0 Å². The number of nitrogens with zero attached hydrogens (tertiary/aromatic N) is 3. The maximum Gasteiger partial charge on any atom is 0.225 e. The van der Waals surface area contributed by atoms with Gasteiger partial charge in [-0.05, 0) is 61.1 Å². The lowest BCUT2D eigenvalue weighted by atomic mass is 10.00. The molecule has 3 aromatic rings. The minimum absolute atomic E-state index is 0.243.